The minimum Gasteiger partial charge on any atom is -0.497 e. The topological polar surface area (TPSA) is 126 Å². The van der Waals surface area contributed by atoms with E-state index >= 15 is 0 Å². The molecule has 1 aliphatic heterocycles. The van der Waals surface area contributed by atoms with E-state index in [0.29, 0.717) is 35.0 Å². The number of fused-ring (bicyclic) bond motifs is 1. The molecule has 3 N–H and O–H groups in total. The van der Waals surface area contributed by atoms with Crippen molar-refractivity contribution in [3.63, 3.8) is 0 Å². The van der Waals surface area contributed by atoms with E-state index in [2.05, 4.69) is 25.9 Å². The van der Waals surface area contributed by atoms with Crippen LogP contribution in [0, 0.1) is 6.92 Å². The first-order valence-corrected chi connectivity index (χ1v) is 12.8. The molecule has 1 aromatic heterocycles. The van der Waals surface area contributed by atoms with E-state index in [1.165, 1.54) is 4.90 Å². The van der Waals surface area contributed by atoms with Gasteiger partial charge < -0.3 is 20.7 Å². The SMILES string of the molecule is COc1ccc(Nc2cc(C)nc(Nc3ccc(NC(=O)CCCN4C(=O)c5ccccc5C4=O)cc3)n2)cc1. The van der Waals surface area contributed by atoms with E-state index in [1.54, 1.807) is 43.5 Å². The van der Waals surface area contributed by atoms with Gasteiger partial charge in [-0.25, -0.2) is 4.98 Å². The van der Waals surface area contributed by atoms with Crippen LogP contribution in [0.15, 0.2) is 78.9 Å². The molecule has 0 spiro atoms. The Morgan fingerprint density at radius 1 is 0.825 bits per heavy atom. The molecule has 10 nitrogen and oxygen atoms in total. The number of nitrogens with zero attached hydrogens (tertiary/aromatic N) is 3. The van der Waals surface area contributed by atoms with Crippen molar-refractivity contribution in [2.75, 3.05) is 29.6 Å². The third kappa shape index (κ3) is 6.07. The third-order valence-electron chi connectivity index (χ3n) is 6.31. The molecule has 5 rings (SSSR count). The van der Waals surface area contributed by atoms with Crippen molar-refractivity contribution in [3.05, 3.63) is 95.7 Å². The number of aryl methyl sites for hydroxylation is 1. The van der Waals surface area contributed by atoms with Gasteiger partial charge in [0.25, 0.3) is 11.8 Å². The summed E-state index contributed by atoms with van der Waals surface area (Å²) in [6.07, 6.45) is 0.545. The molecule has 10 heteroatoms. The van der Waals surface area contributed by atoms with Crippen LogP contribution in [0.3, 0.4) is 0 Å². The van der Waals surface area contributed by atoms with Crippen molar-refractivity contribution in [2.45, 2.75) is 19.8 Å². The number of carbonyl (C=O) groups is 3. The first kappa shape index (κ1) is 26.4. The van der Waals surface area contributed by atoms with E-state index in [-0.39, 0.29) is 30.7 Å². The zero-order valence-corrected chi connectivity index (χ0v) is 22.1. The molecule has 40 heavy (non-hydrogen) atoms. The number of imide groups is 1. The molecule has 0 unspecified atom stereocenters. The molecule has 0 saturated carbocycles. The van der Waals surface area contributed by atoms with E-state index in [0.717, 1.165) is 22.8 Å². The number of hydrogen-bond donors (Lipinski definition) is 3. The summed E-state index contributed by atoms with van der Waals surface area (Å²) < 4.78 is 5.20. The highest BCUT2D eigenvalue weighted by molar-refractivity contribution is 6.21. The van der Waals surface area contributed by atoms with Crippen molar-refractivity contribution >= 4 is 46.5 Å². The van der Waals surface area contributed by atoms with Crippen LogP contribution in [0.1, 0.15) is 39.3 Å². The quantitative estimate of drug-likeness (QED) is 0.233. The number of benzene rings is 3. The van der Waals surface area contributed by atoms with Crippen molar-refractivity contribution < 1.29 is 19.1 Å². The van der Waals surface area contributed by atoms with Gasteiger partial charge in [0.1, 0.15) is 11.6 Å². The van der Waals surface area contributed by atoms with Gasteiger partial charge in [-0.05, 0) is 74.0 Å². The molecule has 0 bridgehead atoms. The largest absolute Gasteiger partial charge is 0.497 e. The zero-order valence-electron chi connectivity index (χ0n) is 22.1. The van der Waals surface area contributed by atoms with Crippen LogP contribution >= 0.6 is 0 Å². The van der Waals surface area contributed by atoms with Crippen molar-refractivity contribution in [3.8, 4) is 5.75 Å². The molecular weight excluding hydrogens is 508 g/mol. The number of anilines is 5. The van der Waals surface area contributed by atoms with Crippen molar-refractivity contribution in [2.24, 2.45) is 0 Å². The van der Waals surface area contributed by atoms with Crippen LogP contribution in [0.25, 0.3) is 0 Å². The molecular formula is C30H28N6O4. The maximum atomic E-state index is 12.5. The van der Waals surface area contributed by atoms with Crippen molar-refractivity contribution in [1.29, 1.82) is 0 Å². The van der Waals surface area contributed by atoms with E-state index in [4.69, 9.17) is 4.74 Å². The molecule has 1 aliphatic rings. The molecule has 0 aliphatic carbocycles. The fourth-order valence-corrected chi connectivity index (χ4v) is 4.34. The van der Waals surface area contributed by atoms with Gasteiger partial charge >= 0.3 is 0 Å². The van der Waals surface area contributed by atoms with Gasteiger partial charge in [-0.1, -0.05) is 12.1 Å². The van der Waals surface area contributed by atoms with Crippen LogP contribution in [-0.2, 0) is 4.79 Å². The maximum absolute atomic E-state index is 12.5. The van der Waals surface area contributed by atoms with E-state index in [1.807, 2.05) is 49.4 Å². The summed E-state index contributed by atoms with van der Waals surface area (Å²) >= 11 is 0. The lowest BCUT2D eigenvalue weighted by Gasteiger charge is -2.13. The Morgan fingerprint density at radius 2 is 1.43 bits per heavy atom. The van der Waals surface area contributed by atoms with Gasteiger partial charge in [0.15, 0.2) is 0 Å². The second-order valence-corrected chi connectivity index (χ2v) is 9.23. The summed E-state index contributed by atoms with van der Waals surface area (Å²) in [5.41, 5.74) is 3.86. The number of amides is 3. The standard InChI is InChI=1S/C30H28N6O4/c1-19-18-26(32-20-13-15-23(40-2)16-14-20)35-30(31-19)34-22-11-9-21(10-12-22)33-27(37)8-5-17-36-28(38)24-6-3-4-7-25(24)29(36)39/h3-4,6-7,9-16,18H,5,8,17H2,1-2H3,(H,33,37)(H2,31,32,34,35). The zero-order chi connectivity index (χ0) is 28.1. The molecule has 4 aromatic rings. The Morgan fingerprint density at radius 3 is 2.08 bits per heavy atom. The van der Waals surface area contributed by atoms with Gasteiger partial charge in [0, 0.05) is 41.8 Å². The monoisotopic (exact) mass is 536 g/mol. The fourth-order valence-electron chi connectivity index (χ4n) is 4.34. The lowest BCUT2D eigenvalue weighted by molar-refractivity contribution is -0.116. The van der Waals surface area contributed by atoms with Gasteiger partial charge in [-0.2, -0.15) is 4.98 Å². The number of rotatable bonds is 10. The fraction of sp³-hybridized carbons (Fsp3) is 0.167. The average Bonchev–Trinajstić information content (AvgIpc) is 3.19. The molecule has 202 valence electrons. The number of carbonyl (C=O) groups excluding carboxylic acids is 3. The van der Waals surface area contributed by atoms with Crippen molar-refractivity contribution in [1.82, 2.24) is 14.9 Å². The summed E-state index contributed by atoms with van der Waals surface area (Å²) in [6, 6.07) is 23.3. The molecule has 2 heterocycles. The summed E-state index contributed by atoms with van der Waals surface area (Å²) in [4.78, 5) is 47.6. The maximum Gasteiger partial charge on any atom is 0.261 e. The molecule has 0 fully saturated rings. The average molecular weight is 537 g/mol. The predicted molar refractivity (Wildman–Crippen MR) is 152 cm³/mol. The summed E-state index contributed by atoms with van der Waals surface area (Å²) in [7, 11) is 1.62. The first-order valence-electron chi connectivity index (χ1n) is 12.8. The molecule has 0 saturated heterocycles. The van der Waals surface area contributed by atoms with Gasteiger partial charge in [0.05, 0.1) is 18.2 Å². The Kier molecular flexibility index (Phi) is 7.68. The number of hydrogen-bond acceptors (Lipinski definition) is 8. The van der Waals surface area contributed by atoms with Gasteiger partial charge in [-0.3, -0.25) is 19.3 Å². The third-order valence-corrected chi connectivity index (χ3v) is 6.31. The summed E-state index contributed by atoms with van der Waals surface area (Å²) in [6.45, 7) is 2.08. The number of ether oxygens (including phenoxy) is 1. The van der Waals surface area contributed by atoms with Gasteiger partial charge in [0.2, 0.25) is 11.9 Å². The van der Waals surface area contributed by atoms with Gasteiger partial charge in [-0.15, -0.1) is 0 Å². The Labute approximate surface area is 231 Å². The molecule has 0 radical (unpaired) electrons. The first-order chi connectivity index (χ1) is 19.4. The second-order valence-electron chi connectivity index (χ2n) is 9.23. The normalized spacial score (nSPS) is 12.2. The Bertz CT molecular complexity index is 1520. The minimum absolute atomic E-state index is 0.175. The number of aromatic nitrogens is 2. The van der Waals surface area contributed by atoms with Crippen LogP contribution in [0.2, 0.25) is 0 Å². The number of methoxy groups -OCH3 is 1. The summed E-state index contributed by atoms with van der Waals surface area (Å²) in [5.74, 6) is 1.02. The predicted octanol–water partition coefficient (Wildman–Crippen LogP) is 5.30. The smallest absolute Gasteiger partial charge is 0.261 e. The van der Waals surface area contributed by atoms with Crippen LogP contribution in [-0.4, -0.2) is 46.2 Å². The lowest BCUT2D eigenvalue weighted by Crippen LogP contribution is -2.31. The van der Waals surface area contributed by atoms with Crippen LogP contribution < -0.4 is 20.7 Å². The molecule has 0 atom stereocenters. The second kappa shape index (κ2) is 11.6. The van der Waals surface area contributed by atoms with E-state index in [9.17, 15) is 14.4 Å². The highest BCUT2D eigenvalue weighted by Gasteiger charge is 2.34. The lowest BCUT2D eigenvalue weighted by atomic mass is 10.1. The van der Waals surface area contributed by atoms with Crippen LogP contribution in [0.4, 0.5) is 28.8 Å². The van der Waals surface area contributed by atoms with E-state index < -0.39 is 0 Å². The minimum atomic E-state index is -0.315. The van der Waals surface area contributed by atoms with Crippen LogP contribution in [0.5, 0.6) is 5.75 Å². The molecule has 3 aromatic carbocycles. The number of nitrogens with one attached hydrogen (secondary N) is 3. The summed E-state index contributed by atoms with van der Waals surface area (Å²) in [5, 5.41) is 9.30. The Hall–Kier alpha value is -5.25. The molecule has 3 amide bonds. The Balaban J connectivity index is 1.12. The highest BCUT2D eigenvalue weighted by Crippen LogP contribution is 2.24. The highest BCUT2D eigenvalue weighted by atomic mass is 16.5.